The van der Waals surface area contributed by atoms with Crippen LogP contribution >= 0.6 is 0 Å². The van der Waals surface area contributed by atoms with Crippen molar-refractivity contribution >= 4 is 12.0 Å². The Bertz CT molecular complexity index is 631. The second kappa shape index (κ2) is 9.19. The van der Waals surface area contributed by atoms with Crippen molar-refractivity contribution in [2.45, 2.75) is 51.7 Å². The molecule has 2 saturated heterocycles. The third-order valence-electron chi connectivity index (χ3n) is 4.96. The summed E-state index contributed by atoms with van der Waals surface area (Å²) in [6.07, 6.45) is 0.798. The number of alkyl carbamates (subject to hydrolysis) is 1. The monoisotopic (exact) mass is 376 g/mol. The van der Waals surface area contributed by atoms with Crippen LogP contribution in [0.25, 0.3) is 0 Å². The van der Waals surface area contributed by atoms with Crippen LogP contribution < -0.4 is 5.32 Å². The number of nitrogens with zero attached hydrogens (tertiary/aromatic N) is 1. The Morgan fingerprint density at radius 2 is 1.93 bits per heavy atom. The lowest BCUT2D eigenvalue weighted by Gasteiger charge is -2.32. The SMILES string of the molecule is CC(C)[C@H](NC(=O)OCc1ccccc1)C(=O)N1CCC[C@H]1C1OCCO1. The first-order chi connectivity index (χ1) is 13.1. The standard InChI is InChI=1S/C20H28N2O5/c1-14(2)17(21-20(24)27-13-15-7-4-3-5-8-15)18(23)22-10-6-9-16(22)19-25-11-12-26-19/h3-5,7-8,14,16-17,19H,6,9-13H2,1-2H3,(H,21,24)/t16-,17-/m0/s1. The van der Waals surface area contributed by atoms with Crippen LogP contribution in [0.15, 0.2) is 30.3 Å². The number of hydrogen-bond donors (Lipinski definition) is 1. The van der Waals surface area contributed by atoms with Crippen LogP contribution in [0.5, 0.6) is 0 Å². The number of rotatable bonds is 6. The number of benzene rings is 1. The Hall–Kier alpha value is -2.12. The van der Waals surface area contributed by atoms with Crippen molar-refractivity contribution < 1.29 is 23.8 Å². The normalized spacial score (nSPS) is 21.4. The fourth-order valence-electron chi connectivity index (χ4n) is 3.53. The number of nitrogens with one attached hydrogen (secondary N) is 1. The number of ether oxygens (including phenoxy) is 3. The highest BCUT2D eigenvalue weighted by Gasteiger charge is 2.41. The van der Waals surface area contributed by atoms with Crippen molar-refractivity contribution in [3.63, 3.8) is 0 Å². The van der Waals surface area contributed by atoms with E-state index in [0.29, 0.717) is 19.8 Å². The molecule has 2 fully saturated rings. The Labute approximate surface area is 160 Å². The maximum atomic E-state index is 13.1. The van der Waals surface area contributed by atoms with E-state index in [1.165, 1.54) is 0 Å². The van der Waals surface area contributed by atoms with Gasteiger partial charge >= 0.3 is 6.09 Å². The molecule has 7 heteroatoms. The topological polar surface area (TPSA) is 77.1 Å². The first kappa shape index (κ1) is 19.6. The Balaban J connectivity index is 1.58. The van der Waals surface area contributed by atoms with E-state index in [4.69, 9.17) is 14.2 Å². The molecule has 2 aliphatic rings. The van der Waals surface area contributed by atoms with E-state index in [1.807, 2.05) is 44.2 Å². The molecule has 3 rings (SSSR count). The largest absolute Gasteiger partial charge is 0.445 e. The van der Waals surface area contributed by atoms with Gasteiger partial charge in [0, 0.05) is 6.54 Å². The fraction of sp³-hybridized carbons (Fsp3) is 0.600. The van der Waals surface area contributed by atoms with Crippen molar-refractivity contribution in [2.75, 3.05) is 19.8 Å². The quantitative estimate of drug-likeness (QED) is 0.824. The molecule has 0 spiro atoms. The Kier molecular flexibility index (Phi) is 6.68. The fourth-order valence-corrected chi connectivity index (χ4v) is 3.53. The highest BCUT2D eigenvalue weighted by molar-refractivity contribution is 5.86. The summed E-state index contributed by atoms with van der Waals surface area (Å²) in [5.41, 5.74) is 0.898. The summed E-state index contributed by atoms with van der Waals surface area (Å²) < 4.78 is 16.5. The van der Waals surface area contributed by atoms with Gasteiger partial charge < -0.3 is 24.4 Å². The average Bonchev–Trinajstić information content (AvgIpc) is 3.35. The molecule has 148 valence electrons. The van der Waals surface area contributed by atoms with Gasteiger partial charge in [0.05, 0.1) is 19.3 Å². The molecule has 2 aliphatic heterocycles. The van der Waals surface area contributed by atoms with E-state index >= 15 is 0 Å². The van der Waals surface area contributed by atoms with Gasteiger partial charge in [-0.25, -0.2) is 4.79 Å². The van der Waals surface area contributed by atoms with Crippen LogP contribution in [0.2, 0.25) is 0 Å². The van der Waals surface area contributed by atoms with Gasteiger partial charge in [0.15, 0.2) is 6.29 Å². The molecule has 2 atom stereocenters. The summed E-state index contributed by atoms with van der Waals surface area (Å²) in [7, 11) is 0. The summed E-state index contributed by atoms with van der Waals surface area (Å²) in [6.45, 7) is 5.75. The molecule has 2 heterocycles. The molecule has 0 saturated carbocycles. The van der Waals surface area contributed by atoms with Gasteiger partial charge in [0.1, 0.15) is 12.6 Å². The molecule has 1 aromatic rings. The first-order valence-electron chi connectivity index (χ1n) is 9.57. The zero-order chi connectivity index (χ0) is 19.2. The predicted molar refractivity (Wildman–Crippen MR) is 98.8 cm³/mol. The third kappa shape index (κ3) is 4.99. The minimum Gasteiger partial charge on any atom is -0.445 e. The van der Waals surface area contributed by atoms with Gasteiger partial charge in [-0.15, -0.1) is 0 Å². The Morgan fingerprint density at radius 3 is 2.59 bits per heavy atom. The third-order valence-corrected chi connectivity index (χ3v) is 4.96. The lowest BCUT2D eigenvalue weighted by atomic mass is 10.0. The van der Waals surface area contributed by atoms with Gasteiger partial charge in [-0.1, -0.05) is 44.2 Å². The van der Waals surface area contributed by atoms with Gasteiger partial charge in [-0.3, -0.25) is 4.79 Å². The molecular weight excluding hydrogens is 348 g/mol. The number of likely N-dealkylation sites (tertiary alicyclic amines) is 1. The van der Waals surface area contributed by atoms with Crippen LogP contribution in [0.4, 0.5) is 4.79 Å². The number of carbonyl (C=O) groups is 2. The van der Waals surface area contributed by atoms with E-state index in [-0.39, 0.29) is 30.8 Å². The molecule has 0 bridgehead atoms. The summed E-state index contributed by atoms with van der Waals surface area (Å²) in [4.78, 5) is 27.1. The first-order valence-corrected chi connectivity index (χ1v) is 9.57. The highest BCUT2D eigenvalue weighted by Crippen LogP contribution is 2.26. The molecule has 27 heavy (non-hydrogen) atoms. The average molecular weight is 376 g/mol. The summed E-state index contributed by atoms with van der Waals surface area (Å²) in [5, 5.41) is 2.74. The summed E-state index contributed by atoms with van der Waals surface area (Å²) in [5.74, 6) is -0.170. The van der Waals surface area contributed by atoms with Crippen LogP contribution in [0.3, 0.4) is 0 Å². The molecule has 2 amide bonds. The van der Waals surface area contributed by atoms with Crippen LogP contribution in [-0.2, 0) is 25.6 Å². The molecule has 1 aromatic carbocycles. The van der Waals surface area contributed by atoms with Crippen molar-refractivity contribution in [3.8, 4) is 0 Å². The van der Waals surface area contributed by atoms with Crippen molar-refractivity contribution in [1.29, 1.82) is 0 Å². The second-order valence-corrected chi connectivity index (χ2v) is 7.28. The van der Waals surface area contributed by atoms with Crippen LogP contribution in [0.1, 0.15) is 32.3 Å². The predicted octanol–water partition coefficient (Wildman–Crippen LogP) is 2.30. The molecule has 0 radical (unpaired) electrons. The van der Waals surface area contributed by atoms with E-state index in [9.17, 15) is 9.59 Å². The smallest absolute Gasteiger partial charge is 0.408 e. The van der Waals surface area contributed by atoms with Crippen LogP contribution in [0, 0.1) is 5.92 Å². The van der Waals surface area contributed by atoms with Gasteiger partial charge in [0.2, 0.25) is 5.91 Å². The van der Waals surface area contributed by atoms with E-state index in [0.717, 1.165) is 18.4 Å². The number of amides is 2. The van der Waals surface area contributed by atoms with Crippen LogP contribution in [-0.4, -0.2) is 55.0 Å². The number of carbonyl (C=O) groups excluding carboxylic acids is 2. The second-order valence-electron chi connectivity index (χ2n) is 7.28. The molecule has 1 N–H and O–H groups in total. The van der Waals surface area contributed by atoms with Crippen molar-refractivity contribution in [2.24, 2.45) is 5.92 Å². The lowest BCUT2D eigenvalue weighted by molar-refractivity contribution is -0.145. The van der Waals surface area contributed by atoms with E-state index in [2.05, 4.69) is 5.32 Å². The minimum absolute atomic E-state index is 0.0616. The van der Waals surface area contributed by atoms with E-state index < -0.39 is 12.1 Å². The lowest BCUT2D eigenvalue weighted by Crippen LogP contribution is -2.54. The number of hydrogen-bond acceptors (Lipinski definition) is 5. The zero-order valence-corrected chi connectivity index (χ0v) is 15.9. The van der Waals surface area contributed by atoms with Crippen molar-refractivity contribution in [1.82, 2.24) is 10.2 Å². The molecule has 7 nitrogen and oxygen atoms in total. The molecule has 0 unspecified atom stereocenters. The zero-order valence-electron chi connectivity index (χ0n) is 15.9. The maximum absolute atomic E-state index is 13.1. The van der Waals surface area contributed by atoms with Gasteiger partial charge in [-0.2, -0.15) is 0 Å². The summed E-state index contributed by atoms with van der Waals surface area (Å²) in [6, 6.07) is 8.71. The molecule has 0 aliphatic carbocycles. The van der Waals surface area contributed by atoms with Gasteiger partial charge in [-0.05, 0) is 24.3 Å². The Morgan fingerprint density at radius 1 is 1.22 bits per heavy atom. The maximum Gasteiger partial charge on any atom is 0.408 e. The highest BCUT2D eigenvalue weighted by atomic mass is 16.7. The molecule has 0 aromatic heterocycles. The summed E-state index contributed by atoms with van der Waals surface area (Å²) >= 11 is 0. The minimum atomic E-state index is -0.643. The molecular formula is C20H28N2O5. The van der Waals surface area contributed by atoms with Gasteiger partial charge in [0.25, 0.3) is 0 Å². The van der Waals surface area contributed by atoms with E-state index in [1.54, 1.807) is 4.90 Å². The van der Waals surface area contributed by atoms with Crippen molar-refractivity contribution in [3.05, 3.63) is 35.9 Å².